The van der Waals surface area contributed by atoms with Gasteiger partial charge in [0.25, 0.3) is 5.56 Å². The molecule has 1 aliphatic rings. The van der Waals surface area contributed by atoms with Crippen LogP contribution in [-0.2, 0) is 27.2 Å². The van der Waals surface area contributed by atoms with Gasteiger partial charge in [0.1, 0.15) is 17.4 Å². The lowest BCUT2D eigenvalue weighted by Crippen LogP contribution is -2.39. The van der Waals surface area contributed by atoms with Crippen molar-refractivity contribution in [1.82, 2.24) is 33.4 Å². The van der Waals surface area contributed by atoms with Gasteiger partial charge >= 0.3 is 5.69 Å². The highest BCUT2D eigenvalue weighted by Gasteiger charge is 2.25. The number of hydrogen-bond acceptors (Lipinski definition) is 7. The maximum atomic E-state index is 13.0. The first-order chi connectivity index (χ1) is 17.8. The van der Waals surface area contributed by atoms with Crippen molar-refractivity contribution < 1.29 is 0 Å². The Kier molecular flexibility index (Phi) is 5.43. The Labute approximate surface area is 219 Å². The van der Waals surface area contributed by atoms with Gasteiger partial charge in [0, 0.05) is 30.2 Å². The molecule has 1 aromatic carbocycles. The molecule has 0 saturated carbocycles. The lowest BCUT2D eigenvalue weighted by atomic mass is 10.0. The van der Waals surface area contributed by atoms with E-state index in [2.05, 4.69) is 27.0 Å². The van der Waals surface area contributed by atoms with Gasteiger partial charge in [0.05, 0.1) is 23.5 Å². The Morgan fingerprint density at radius 2 is 1.95 bits per heavy atom. The van der Waals surface area contributed by atoms with E-state index in [-0.39, 0.29) is 6.54 Å². The van der Waals surface area contributed by atoms with Crippen LogP contribution < -0.4 is 11.2 Å². The lowest BCUT2D eigenvalue weighted by molar-refractivity contribution is 0.674. The van der Waals surface area contributed by atoms with Gasteiger partial charge in [-0.1, -0.05) is 41.6 Å². The molecule has 0 spiro atoms. The molecule has 5 aromatic rings. The summed E-state index contributed by atoms with van der Waals surface area (Å²) in [6.45, 7) is 2.20. The average molecular weight is 531 g/mol. The van der Waals surface area contributed by atoms with Crippen molar-refractivity contribution in [2.75, 3.05) is 0 Å². The predicted molar refractivity (Wildman–Crippen MR) is 142 cm³/mol. The Balaban J connectivity index is 1.45. The van der Waals surface area contributed by atoms with E-state index < -0.39 is 11.2 Å². The molecule has 1 aliphatic heterocycles. The monoisotopic (exact) mass is 530 g/mol. The summed E-state index contributed by atoms with van der Waals surface area (Å²) < 4.78 is 6.06. The molecule has 12 heteroatoms. The summed E-state index contributed by atoms with van der Waals surface area (Å²) in [5.74, 6) is 7.59. The Morgan fingerprint density at radius 1 is 1.14 bits per heavy atom. The summed E-state index contributed by atoms with van der Waals surface area (Å²) in [5, 5.41) is 10.0. The van der Waals surface area contributed by atoms with Crippen molar-refractivity contribution in [2.45, 2.75) is 20.0 Å². The predicted octanol–water partition coefficient (Wildman–Crippen LogP) is 2.44. The van der Waals surface area contributed by atoms with Crippen LogP contribution in [0.25, 0.3) is 16.2 Å². The molecule has 0 unspecified atom stereocenters. The van der Waals surface area contributed by atoms with Gasteiger partial charge in [-0.2, -0.15) is 0 Å². The minimum atomic E-state index is -0.467. The average Bonchev–Trinajstić information content (AvgIpc) is 3.55. The molecule has 0 amide bonds. The fraction of sp³-hybridized carbons (Fsp3) is 0.200. The summed E-state index contributed by atoms with van der Waals surface area (Å²) >= 11 is 8.00. The minimum Gasteiger partial charge on any atom is -0.328 e. The fourth-order valence-electron chi connectivity index (χ4n) is 4.41. The molecule has 0 atom stereocenters. The smallest absolute Gasteiger partial charge is 0.328 e. The van der Waals surface area contributed by atoms with E-state index in [1.54, 1.807) is 18.7 Å². The van der Waals surface area contributed by atoms with E-state index in [1.165, 1.54) is 22.2 Å². The van der Waals surface area contributed by atoms with Gasteiger partial charge < -0.3 is 4.57 Å². The topological polar surface area (TPSA) is 105 Å². The number of rotatable bonds is 2. The summed E-state index contributed by atoms with van der Waals surface area (Å²) in [6.07, 6.45) is 1.51. The normalized spacial score (nSPS) is 12.5. The quantitative estimate of drug-likeness (QED) is 0.326. The highest BCUT2D eigenvalue weighted by Crippen LogP contribution is 2.34. The molecule has 0 bridgehead atoms. The van der Waals surface area contributed by atoms with Gasteiger partial charge in [-0.25, -0.2) is 14.3 Å². The van der Waals surface area contributed by atoms with E-state index in [4.69, 9.17) is 16.6 Å². The summed E-state index contributed by atoms with van der Waals surface area (Å²) in [7, 11) is 3.31. The number of halogens is 1. The molecule has 0 radical (unpaired) electrons. The van der Waals surface area contributed by atoms with Crippen molar-refractivity contribution in [2.24, 2.45) is 19.1 Å². The molecule has 0 saturated heterocycles. The molecular formula is C25H19ClN8O2S. The second-order valence-electron chi connectivity index (χ2n) is 8.54. The van der Waals surface area contributed by atoms with Gasteiger partial charge in [-0.05, 0) is 19.1 Å². The lowest BCUT2D eigenvalue weighted by Gasteiger charge is -2.08. The number of aliphatic imine (C=N–C) groups is 1. The number of fused-ring (bicyclic) bond motifs is 4. The van der Waals surface area contributed by atoms with E-state index >= 15 is 0 Å². The molecule has 0 fully saturated rings. The third kappa shape index (κ3) is 3.64. The zero-order valence-corrected chi connectivity index (χ0v) is 21.6. The van der Waals surface area contributed by atoms with Crippen LogP contribution in [0, 0.1) is 18.8 Å². The highest BCUT2D eigenvalue weighted by atomic mass is 35.5. The van der Waals surface area contributed by atoms with Crippen LogP contribution in [0.3, 0.4) is 0 Å². The molecule has 184 valence electrons. The van der Waals surface area contributed by atoms with Crippen molar-refractivity contribution in [1.29, 1.82) is 0 Å². The van der Waals surface area contributed by atoms with Crippen LogP contribution in [0.4, 0.5) is 0 Å². The van der Waals surface area contributed by atoms with Crippen molar-refractivity contribution in [3.63, 3.8) is 0 Å². The molecule has 37 heavy (non-hydrogen) atoms. The first kappa shape index (κ1) is 23.1. The summed E-state index contributed by atoms with van der Waals surface area (Å²) in [4.78, 5) is 35.5. The van der Waals surface area contributed by atoms with Crippen LogP contribution in [0.2, 0.25) is 5.02 Å². The van der Waals surface area contributed by atoms with Gasteiger partial charge in [-0.3, -0.25) is 18.9 Å². The second-order valence-corrected chi connectivity index (χ2v) is 9.97. The molecule has 4 aromatic heterocycles. The number of benzene rings is 1. The van der Waals surface area contributed by atoms with E-state index in [0.717, 1.165) is 42.9 Å². The van der Waals surface area contributed by atoms with E-state index in [0.29, 0.717) is 22.7 Å². The van der Waals surface area contributed by atoms with Crippen LogP contribution in [0.5, 0.6) is 0 Å². The number of hydrogen-bond donors (Lipinski definition) is 0. The fourth-order valence-corrected chi connectivity index (χ4v) is 5.74. The summed E-state index contributed by atoms with van der Waals surface area (Å²) in [5.41, 5.74) is 2.24. The molecule has 6 rings (SSSR count). The Bertz CT molecular complexity index is 1940. The standard InChI is InChI=1S/C25H19ClN8O2S/c1-14-29-30-19-12-27-20(16-8-4-5-9-18(16)26)17-11-15(37-24(17)34(14)19)7-6-10-33-23(35)21-22(28-13-31(21)2)32(3)25(33)36/h4-5,8-9,11,13H,10,12H2,1-3H3. The highest BCUT2D eigenvalue weighted by molar-refractivity contribution is 7.15. The molecule has 0 N–H and O–H groups in total. The summed E-state index contributed by atoms with van der Waals surface area (Å²) in [6, 6.07) is 9.52. The first-order valence-electron chi connectivity index (χ1n) is 11.3. The Morgan fingerprint density at radius 3 is 2.76 bits per heavy atom. The minimum absolute atomic E-state index is 0.0580. The number of aromatic nitrogens is 7. The van der Waals surface area contributed by atoms with E-state index in [9.17, 15) is 9.59 Å². The molecular weight excluding hydrogens is 512 g/mol. The first-order valence-corrected chi connectivity index (χ1v) is 12.5. The molecule has 5 heterocycles. The van der Waals surface area contributed by atoms with Crippen molar-refractivity contribution in [3.8, 4) is 16.8 Å². The third-order valence-corrected chi connectivity index (χ3v) is 7.59. The number of thiophene rings is 1. The second kappa shape index (κ2) is 8.69. The van der Waals surface area contributed by atoms with E-state index in [1.807, 2.05) is 41.8 Å². The maximum Gasteiger partial charge on any atom is 0.333 e. The van der Waals surface area contributed by atoms with Crippen molar-refractivity contribution >= 4 is 39.8 Å². The Hall–Kier alpha value is -4.27. The van der Waals surface area contributed by atoms with Crippen LogP contribution in [0.15, 0.2) is 51.2 Å². The molecule has 10 nitrogen and oxygen atoms in total. The zero-order chi connectivity index (χ0) is 25.8. The van der Waals surface area contributed by atoms with Gasteiger partial charge in [0.15, 0.2) is 17.0 Å². The zero-order valence-electron chi connectivity index (χ0n) is 20.1. The maximum absolute atomic E-state index is 13.0. The number of aryl methyl sites for hydroxylation is 3. The number of imidazole rings is 1. The van der Waals surface area contributed by atoms with Crippen LogP contribution in [-0.4, -0.2) is 39.2 Å². The van der Waals surface area contributed by atoms with Crippen LogP contribution in [0.1, 0.15) is 27.7 Å². The van der Waals surface area contributed by atoms with Crippen LogP contribution >= 0.6 is 22.9 Å². The molecule has 0 aliphatic carbocycles. The van der Waals surface area contributed by atoms with Gasteiger partial charge in [0.2, 0.25) is 0 Å². The largest absolute Gasteiger partial charge is 0.333 e. The third-order valence-electron chi connectivity index (χ3n) is 6.22. The number of nitrogens with zero attached hydrogens (tertiary/aromatic N) is 8. The van der Waals surface area contributed by atoms with Gasteiger partial charge in [-0.15, -0.1) is 21.5 Å². The van der Waals surface area contributed by atoms with Crippen molar-refractivity contribution in [3.05, 3.63) is 90.2 Å². The SMILES string of the molecule is Cc1nnc2n1-c1sc(C#CCn3c(=O)c4c(ncn4C)n(C)c3=O)cc1C(c1ccccc1Cl)=NC2.